The molecule has 1 N–H and O–H groups in total. The van der Waals surface area contributed by atoms with Gasteiger partial charge in [0.05, 0.1) is 0 Å². The second-order valence-corrected chi connectivity index (χ2v) is 2.80. The van der Waals surface area contributed by atoms with Gasteiger partial charge in [-0.2, -0.15) is 0 Å². The quantitative estimate of drug-likeness (QED) is 0.534. The molecular weight excluding hydrogens is 190 g/mol. The molecule has 82 valence electrons. The van der Waals surface area contributed by atoms with Crippen LogP contribution in [0.25, 0.3) is 0 Å². The highest BCUT2D eigenvalue weighted by atomic mass is 16.5. The highest BCUT2D eigenvalue weighted by molar-refractivity contribution is 5.66. The molecule has 0 aliphatic rings. The van der Waals surface area contributed by atoms with Crippen molar-refractivity contribution in [3.63, 3.8) is 0 Å². The van der Waals surface area contributed by atoms with Gasteiger partial charge >= 0.3 is 5.97 Å². The molecule has 0 saturated heterocycles. The summed E-state index contributed by atoms with van der Waals surface area (Å²) in [5.41, 5.74) is 1.72. The first-order valence-corrected chi connectivity index (χ1v) is 4.61. The second kappa shape index (κ2) is 7.62. The maximum absolute atomic E-state index is 10.6. The van der Waals surface area contributed by atoms with Crippen LogP contribution in [-0.4, -0.2) is 19.6 Å². The number of carbonyl (C=O) groups excluding carboxylic acids is 1. The van der Waals surface area contributed by atoms with E-state index in [9.17, 15) is 4.79 Å². The Morgan fingerprint density at radius 2 is 2.00 bits per heavy atom. The van der Waals surface area contributed by atoms with Gasteiger partial charge in [0.15, 0.2) is 0 Å². The predicted octanol–water partition coefficient (Wildman–Crippen LogP) is 1.95. The number of hydrogen-bond acceptors (Lipinski definition) is 3. The molecule has 0 aliphatic heterocycles. The van der Waals surface area contributed by atoms with E-state index in [4.69, 9.17) is 4.74 Å². The van der Waals surface area contributed by atoms with Gasteiger partial charge in [0, 0.05) is 19.7 Å². The lowest BCUT2D eigenvalue weighted by molar-refractivity contribution is -0.139. The largest absolute Gasteiger partial charge is 0.461 e. The van der Waals surface area contributed by atoms with Gasteiger partial charge in [-0.3, -0.25) is 4.79 Å². The molecule has 0 heterocycles. The molecule has 3 nitrogen and oxygen atoms in total. The molecule has 0 amide bonds. The first kappa shape index (κ1) is 13.2. The minimum absolute atomic E-state index is 0.240. The number of likely N-dealkylation sites (N-methyl/N-ethyl adjacent to an activating group) is 1. The van der Waals surface area contributed by atoms with Crippen LogP contribution in [0.4, 0.5) is 0 Å². The average molecular weight is 207 g/mol. The second-order valence-electron chi connectivity index (χ2n) is 2.80. The van der Waals surface area contributed by atoms with Gasteiger partial charge in [0.25, 0.3) is 0 Å². The summed E-state index contributed by atoms with van der Waals surface area (Å²) in [4.78, 5) is 10.6. The minimum Gasteiger partial charge on any atom is -0.461 e. The minimum atomic E-state index is -0.302. The fourth-order valence-electron chi connectivity index (χ4n) is 0.810. The number of allylic oxidation sites excluding steroid dienone is 3. The van der Waals surface area contributed by atoms with Gasteiger partial charge in [0.2, 0.25) is 0 Å². The Bertz CT molecular complexity index is 301. The summed E-state index contributed by atoms with van der Waals surface area (Å²) >= 11 is 0. The van der Waals surface area contributed by atoms with E-state index in [0.717, 1.165) is 11.3 Å². The molecule has 0 unspecified atom stereocenters. The van der Waals surface area contributed by atoms with Gasteiger partial charge < -0.3 is 10.1 Å². The number of nitrogens with one attached hydrogen (secondary N) is 1. The van der Waals surface area contributed by atoms with Crippen molar-refractivity contribution in [3.8, 4) is 0 Å². The van der Waals surface area contributed by atoms with Gasteiger partial charge in [-0.1, -0.05) is 25.3 Å². The van der Waals surface area contributed by atoms with E-state index in [1.54, 1.807) is 19.2 Å². The van der Waals surface area contributed by atoms with E-state index in [1.165, 1.54) is 6.92 Å². The van der Waals surface area contributed by atoms with Crippen LogP contribution in [0.1, 0.15) is 6.92 Å². The van der Waals surface area contributed by atoms with Crippen molar-refractivity contribution in [1.29, 1.82) is 0 Å². The standard InChI is InChI=1S/C12H17NO2/c1-5-11(9-15-10(3)14)7-8-12(6-2)13-4/h5-8,13H,1-2,9H2,3-4H3/b11-7+,12-8+. The summed E-state index contributed by atoms with van der Waals surface area (Å²) in [5.74, 6) is -0.302. The number of esters is 1. The molecule has 15 heavy (non-hydrogen) atoms. The van der Waals surface area contributed by atoms with Crippen LogP contribution in [0.3, 0.4) is 0 Å². The molecule has 0 aromatic carbocycles. The lowest BCUT2D eigenvalue weighted by Crippen LogP contribution is -2.03. The molecule has 0 atom stereocenters. The lowest BCUT2D eigenvalue weighted by atomic mass is 10.2. The number of carbonyl (C=O) groups is 1. The third kappa shape index (κ3) is 6.32. The SMILES string of the molecule is C=C/C(=C\C=C(/C=C)NC)COC(C)=O. The Hall–Kier alpha value is -1.77. The summed E-state index contributed by atoms with van der Waals surface area (Å²) in [5, 5.41) is 2.95. The molecule has 0 aliphatic carbocycles. The highest BCUT2D eigenvalue weighted by Gasteiger charge is 1.94. The number of rotatable bonds is 6. The van der Waals surface area contributed by atoms with Crippen molar-refractivity contribution >= 4 is 5.97 Å². The van der Waals surface area contributed by atoms with Crippen molar-refractivity contribution in [2.75, 3.05) is 13.7 Å². The van der Waals surface area contributed by atoms with E-state index in [2.05, 4.69) is 18.5 Å². The molecule has 0 spiro atoms. The number of hydrogen-bond donors (Lipinski definition) is 1. The molecule has 0 aromatic heterocycles. The zero-order valence-electron chi connectivity index (χ0n) is 9.25. The topological polar surface area (TPSA) is 38.3 Å². The fraction of sp³-hybridized carbons (Fsp3) is 0.250. The van der Waals surface area contributed by atoms with Crippen LogP contribution in [-0.2, 0) is 9.53 Å². The predicted molar refractivity (Wildman–Crippen MR) is 62.3 cm³/mol. The van der Waals surface area contributed by atoms with Crippen molar-refractivity contribution in [2.24, 2.45) is 0 Å². The molecule has 0 rings (SSSR count). The summed E-state index contributed by atoms with van der Waals surface area (Å²) < 4.78 is 4.84. The van der Waals surface area contributed by atoms with Crippen LogP contribution < -0.4 is 5.32 Å². The van der Waals surface area contributed by atoms with Crippen LogP contribution >= 0.6 is 0 Å². The molecule has 0 aromatic rings. The Morgan fingerprint density at radius 3 is 2.40 bits per heavy atom. The van der Waals surface area contributed by atoms with Crippen LogP contribution in [0.2, 0.25) is 0 Å². The van der Waals surface area contributed by atoms with E-state index >= 15 is 0 Å². The monoisotopic (exact) mass is 207 g/mol. The maximum atomic E-state index is 10.6. The van der Waals surface area contributed by atoms with Gasteiger partial charge in [-0.05, 0) is 17.7 Å². The smallest absolute Gasteiger partial charge is 0.302 e. The first-order chi connectivity index (χ1) is 7.13. The molecule has 0 fully saturated rings. The summed E-state index contributed by atoms with van der Waals surface area (Å²) in [7, 11) is 1.81. The summed E-state index contributed by atoms with van der Waals surface area (Å²) in [6.07, 6.45) is 7.01. The molecule has 0 bridgehead atoms. The lowest BCUT2D eigenvalue weighted by Gasteiger charge is -2.02. The highest BCUT2D eigenvalue weighted by Crippen LogP contribution is 2.00. The number of ether oxygens (including phenoxy) is 1. The fourth-order valence-corrected chi connectivity index (χ4v) is 0.810. The van der Waals surface area contributed by atoms with Gasteiger partial charge in [-0.25, -0.2) is 0 Å². The normalized spacial score (nSPS) is 11.9. The third-order valence-electron chi connectivity index (χ3n) is 1.69. The molecule has 0 saturated carbocycles. The molecular formula is C12H17NO2. The van der Waals surface area contributed by atoms with Crippen LogP contribution in [0, 0.1) is 0 Å². The Balaban J connectivity index is 4.45. The first-order valence-electron chi connectivity index (χ1n) is 4.61. The van der Waals surface area contributed by atoms with Crippen molar-refractivity contribution < 1.29 is 9.53 Å². The maximum Gasteiger partial charge on any atom is 0.302 e. The van der Waals surface area contributed by atoms with Crippen LogP contribution in [0.5, 0.6) is 0 Å². The molecule has 0 radical (unpaired) electrons. The zero-order valence-corrected chi connectivity index (χ0v) is 9.25. The van der Waals surface area contributed by atoms with Gasteiger partial charge in [0.1, 0.15) is 6.61 Å². The summed E-state index contributed by atoms with van der Waals surface area (Å²) in [6, 6.07) is 0. The van der Waals surface area contributed by atoms with Crippen molar-refractivity contribution in [1.82, 2.24) is 5.32 Å². The van der Waals surface area contributed by atoms with E-state index < -0.39 is 0 Å². The average Bonchev–Trinajstić information content (AvgIpc) is 2.23. The Kier molecular flexibility index (Phi) is 6.72. The van der Waals surface area contributed by atoms with Crippen molar-refractivity contribution in [2.45, 2.75) is 6.92 Å². The van der Waals surface area contributed by atoms with Gasteiger partial charge in [-0.15, -0.1) is 0 Å². The van der Waals surface area contributed by atoms with E-state index in [0.29, 0.717) is 0 Å². The Morgan fingerprint density at radius 1 is 1.33 bits per heavy atom. The summed E-state index contributed by atoms with van der Waals surface area (Å²) in [6.45, 7) is 8.89. The van der Waals surface area contributed by atoms with E-state index in [-0.39, 0.29) is 12.6 Å². The van der Waals surface area contributed by atoms with Crippen molar-refractivity contribution in [3.05, 3.63) is 48.7 Å². The molecule has 3 heteroatoms. The third-order valence-corrected chi connectivity index (χ3v) is 1.69. The zero-order chi connectivity index (χ0) is 11.7. The van der Waals surface area contributed by atoms with E-state index in [1.807, 2.05) is 12.2 Å². The van der Waals surface area contributed by atoms with Crippen LogP contribution in [0.15, 0.2) is 48.7 Å². The Labute approximate surface area is 90.8 Å².